The normalized spacial score (nSPS) is 13.4. The fourth-order valence-corrected chi connectivity index (χ4v) is 4.04. The summed E-state index contributed by atoms with van der Waals surface area (Å²) in [6.07, 6.45) is 1.48. The second kappa shape index (κ2) is 9.23. The summed E-state index contributed by atoms with van der Waals surface area (Å²) in [4.78, 5) is 36.9. The molecule has 0 radical (unpaired) electrons. The summed E-state index contributed by atoms with van der Waals surface area (Å²) < 4.78 is 1.60. The van der Waals surface area contributed by atoms with Gasteiger partial charge in [0.15, 0.2) is 0 Å². The highest BCUT2D eigenvalue weighted by Crippen LogP contribution is 2.23. The molecule has 0 atom stereocenters. The zero-order chi connectivity index (χ0) is 23.5. The number of nitro groups is 1. The monoisotopic (exact) mass is 447 g/mol. The van der Waals surface area contributed by atoms with E-state index >= 15 is 0 Å². The van der Waals surface area contributed by atoms with Gasteiger partial charge in [0.1, 0.15) is 11.4 Å². The average Bonchev–Trinajstić information content (AvgIpc) is 3.35. The molecule has 2 amide bonds. The number of hydrogen-bond acceptors (Lipinski definition) is 5. The van der Waals surface area contributed by atoms with E-state index in [4.69, 9.17) is 0 Å². The van der Waals surface area contributed by atoms with Crippen LogP contribution in [-0.2, 0) is 17.9 Å². The van der Waals surface area contributed by atoms with Crippen LogP contribution in [-0.4, -0.2) is 33.1 Å². The Bertz CT molecular complexity index is 1200. The van der Waals surface area contributed by atoms with E-state index in [2.05, 4.69) is 10.4 Å². The van der Waals surface area contributed by atoms with Crippen molar-refractivity contribution in [1.29, 1.82) is 0 Å². The van der Waals surface area contributed by atoms with Crippen molar-refractivity contribution in [3.05, 3.63) is 86.7 Å². The molecule has 1 aromatic heterocycles. The predicted molar refractivity (Wildman–Crippen MR) is 123 cm³/mol. The highest BCUT2D eigenvalue weighted by molar-refractivity contribution is 5.95. The number of hydrogen-bond donors (Lipinski definition) is 1. The Labute approximate surface area is 191 Å². The summed E-state index contributed by atoms with van der Waals surface area (Å²) >= 11 is 0. The van der Waals surface area contributed by atoms with Gasteiger partial charge in [0.2, 0.25) is 5.91 Å². The first-order valence-electron chi connectivity index (χ1n) is 10.8. The molecule has 170 valence electrons. The van der Waals surface area contributed by atoms with Gasteiger partial charge in [-0.25, -0.2) is 0 Å². The largest absolute Gasteiger partial charge is 0.348 e. The molecule has 9 nitrogen and oxygen atoms in total. The molecule has 4 rings (SSSR count). The summed E-state index contributed by atoms with van der Waals surface area (Å²) in [6, 6.07) is 14.7. The van der Waals surface area contributed by atoms with Crippen LogP contribution in [0.1, 0.15) is 45.7 Å². The van der Waals surface area contributed by atoms with Crippen LogP contribution in [0.25, 0.3) is 0 Å². The number of carbonyl (C=O) groups is 2. The molecule has 33 heavy (non-hydrogen) atoms. The van der Waals surface area contributed by atoms with Crippen molar-refractivity contribution in [2.24, 2.45) is 0 Å². The lowest BCUT2D eigenvalue weighted by Crippen LogP contribution is -2.24. The molecule has 0 saturated carbocycles. The van der Waals surface area contributed by atoms with Crippen molar-refractivity contribution in [2.45, 2.75) is 39.8 Å². The summed E-state index contributed by atoms with van der Waals surface area (Å²) in [6.45, 7) is 4.81. The number of rotatable bonds is 7. The lowest BCUT2D eigenvalue weighted by atomic mass is 10.1. The van der Waals surface area contributed by atoms with Gasteiger partial charge in [0.05, 0.1) is 11.5 Å². The van der Waals surface area contributed by atoms with E-state index < -0.39 is 4.92 Å². The molecular formula is C24H25N5O4. The van der Waals surface area contributed by atoms with Crippen LogP contribution in [0.2, 0.25) is 0 Å². The molecule has 1 N–H and O–H groups in total. The van der Waals surface area contributed by atoms with Crippen LogP contribution in [0, 0.1) is 24.0 Å². The molecule has 1 saturated heterocycles. The first-order chi connectivity index (χ1) is 15.8. The lowest BCUT2D eigenvalue weighted by Gasteiger charge is -2.16. The van der Waals surface area contributed by atoms with Gasteiger partial charge in [-0.2, -0.15) is 5.10 Å². The number of aromatic nitrogens is 2. The third-order valence-electron chi connectivity index (χ3n) is 5.85. The quantitative estimate of drug-likeness (QED) is 0.440. The maximum Gasteiger partial charge on any atom is 0.312 e. The Hall–Kier alpha value is -4.01. The van der Waals surface area contributed by atoms with Crippen LogP contribution in [0.5, 0.6) is 0 Å². The molecule has 0 bridgehead atoms. The fraction of sp³-hybridized carbons (Fsp3) is 0.292. The Morgan fingerprint density at radius 1 is 1.09 bits per heavy atom. The second-order valence-electron chi connectivity index (χ2n) is 8.13. The van der Waals surface area contributed by atoms with Crippen molar-refractivity contribution < 1.29 is 14.5 Å². The molecule has 0 unspecified atom stereocenters. The molecule has 1 fully saturated rings. The van der Waals surface area contributed by atoms with Crippen molar-refractivity contribution in [1.82, 2.24) is 15.1 Å². The highest BCUT2D eigenvalue weighted by atomic mass is 16.6. The first kappa shape index (κ1) is 22.2. The van der Waals surface area contributed by atoms with Gasteiger partial charge in [-0.05, 0) is 55.7 Å². The smallest absolute Gasteiger partial charge is 0.312 e. The number of carbonyl (C=O) groups excluding carboxylic acids is 2. The van der Waals surface area contributed by atoms with E-state index in [1.165, 1.54) is 0 Å². The van der Waals surface area contributed by atoms with E-state index in [0.29, 0.717) is 36.5 Å². The molecule has 0 spiro atoms. The number of aryl methyl sites for hydroxylation is 1. The summed E-state index contributed by atoms with van der Waals surface area (Å²) in [7, 11) is 0. The topological polar surface area (TPSA) is 110 Å². The zero-order valence-corrected chi connectivity index (χ0v) is 18.6. The maximum atomic E-state index is 12.5. The highest BCUT2D eigenvalue weighted by Gasteiger charge is 2.22. The minimum atomic E-state index is -0.416. The van der Waals surface area contributed by atoms with Crippen LogP contribution in [0.4, 0.5) is 11.4 Å². The van der Waals surface area contributed by atoms with Gasteiger partial charge in [-0.1, -0.05) is 24.3 Å². The van der Waals surface area contributed by atoms with Gasteiger partial charge in [-0.15, -0.1) is 0 Å². The Balaban J connectivity index is 1.34. The minimum absolute atomic E-state index is 0.0334. The Morgan fingerprint density at radius 2 is 1.76 bits per heavy atom. The second-order valence-corrected chi connectivity index (χ2v) is 8.13. The summed E-state index contributed by atoms with van der Waals surface area (Å²) in [5, 5.41) is 18.3. The van der Waals surface area contributed by atoms with Crippen LogP contribution < -0.4 is 10.2 Å². The van der Waals surface area contributed by atoms with Crippen molar-refractivity contribution in [3.8, 4) is 0 Å². The summed E-state index contributed by atoms with van der Waals surface area (Å²) in [5.41, 5.74) is 4.16. The van der Waals surface area contributed by atoms with Gasteiger partial charge >= 0.3 is 5.69 Å². The van der Waals surface area contributed by atoms with Gasteiger partial charge < -0.3 is 10.2 Å². The van der Waals surface area contributed by atoms with E-state index in [1.807, 2.05) is 36.4 Å². The molecule has 2 heterocycles. The predicted octanol–water partition coefficient (Wildman–Crippen LogP) is 3.51. The first-order valence-corrected chi connectivity index (χ1v) is 10.8. The van der Waals surface area contributed by atoms with Gasteiger partial charge in [0, 0.05) is 30.8 Å². The van der Waals surface area contributed by atoms with Crippen LogP contribution >= 0.6 is 0 Å². The number of amides is 2. The Morgan fingerprint density at radius 3 is 2.33 bits per heavy atom. The van der Waals surface area contributed by atoms with Gasteiger partial charge in [0.25, 0.3) is 5.91 Å². The molecule has 1 aliphatic heterocycles. The third kappa shape index (κ3) is 4.77. The molecule has 0 aliphatic carbocycles. The molecular weight excluding hydrogens is 422 g/mol. The van der Waals surface area contributed by atoms with Crippen molar-refractivity contribution in [3.63, 3.8) is 0 Å². The minimum Gasteiger partial charge on any atom is -0.348 e. The molecule has 3 aromatic rings. The molecule has 1 aliphatic rings. The maximum absolute atomic E-state index is 12.5. The van der Waals surface area contributed by atoms with E-state index in [0.717, 1.165) is 29.8 Å². The number of nitrogens with zero attached hydrogens (tertiary/aromatic N) is 4. The number of benzene rings is 2. The lowest BCUT2D eigenvalue weighted by molar-refractivity contribution is -0.386. The fourth-order valence-electron chi connectivity index (χ4n) is 4.04. The molecule has 9 heteroatoms. The molecule has 2 aromatic carbocycles. The number of nitrogens with one attached hydrogen (secondary N) is 1. The van der Waals surface area contributed by atoms with Crippen LogP contribution in [0.3, 0.4) is 0 Å². The SMILES string of the molecule is Cc1nn(Cc2ccc(C(=O)NCc3ccc(N4CCCC4=O)cc3)cc2)c(C)c1[N+](=O)[O-]. The van der Waals surface area contributed by atoms with E-state index in [1.54, 1.807) is 35.6 Å². The Kier molecular flexibility index (Phi) is 6.21. The number of anilines is 1. The van der Waals surface area contributed by atoms with Crippen LogP contribution in [0.15, 0.2) is 48.5 Å². The van der Waals surface area contributed by atoms with Crippen molar-refractivity contribution >= 4 is 23.2 Å². The van der Waals surface area contributed by atoms with Gasteiger partial charge in [-0.3, -0.25) is 24.4 Å². The standard InChI is InChI=1S/C24H25N5O4/c1-16-23(29(32)33)17(2)28(26-16)15-19-5-9-20(10-6-19)24(31)25-14-18-7-11-21(12-8-18)27-13-3-4-22(27)30/h5-12H,3-4,13-15H2,1-2H3,(H,25,31). The van der Waals surface area contributed by atoms with E-state index in [-0.39, 0.29) is 17.5 Å². The van der Waals surface area contributed by atoms with Crippen molar-refractivity contribution in [2.75, 3.05) is 11.4 Å². The third-order valence-corrected chi connectivity index (χ3v) is 5.85. The van der Waals surface area contributed by atoms with E-state index in [9.17, 15) is 19.7 Å². The summed E-state index contributed by atoms with van der Waals surface area (Å²) in [5.74, 6) is -0.0438. The average molecular weight is 447 g/mol. The zero-order valence-electron chi connectivity index (χ0n) is 18.6.